The molecule has 1 unspecified atom stereocenters. The van der Waals surface area contributed by atoms with Crippen LogP contribution in [0.4, 0.5) is 24.7 Å². The summed E-state index contributed by atoms with van der Waals surface area (Å²) < 4.78 is 40.8. The average Bonchev–Trinajstić information content (AvgIpc) is 3.28. The number of benzene rings is 2. The summed E-state index contributed by atoms with van der Waals surface area (Å²) in [5, 5.41) is 12.5. The Labute approximate surface area is 187 Å². The Morgan fingerprint density at radius 1 is 1.15 bits per heavy atom. The second kappa shape index (κ2) is 9.45. The Balaban J connectivity index is 1.50. The van der Waals surface area contributed by atoms with E-state index in [4.69, 9.17) is 0 Å². The summed E-state index contributed by atoms with van der Waals surface area (Å²) in [5.41, 5.74) is 2.29. The molecular weight excluding hydrogens is 437 g/mol. The molecule has 1 saturated heterocycles. The SMILES string of the molecule is O=C(c1cccc(-c2cc(Nc3ccc(OC(F)(F)F)cc3)ncn2)c1)N1CCCC1CO. The third-order valence-corrected chi connectivity index (χ3v) is 5.28. The van der Waals surface area contributed by atoms with Crippen molar-refractivity contribution in [3.05, 3.63) is 66.5 Å². The number of anilines is 2. The van der Waals surface area contributed by atoms with Crippen LogP contribution in [0.5, 0.6) is 5.75 Å². The van der Waals surface area contributed by atoms with Crippen LogP contribution in [0.2, 0.25) is 0 Å². The van der Waals surface area contributed by atoms with E-state index >= 15 is 0 Å². The maximum Gasteiger partial charge on any atom is 0.573 e. The number of amides is 1. The minimum Gasteiger partial charge on any atom is -0.406 e. The molecule has 0 saturated carbocycles. The van der Waals surface area contributed by atoms with E-state index in [1.165, 1.54) is 30.6 Å². The second-order valence-electron chi connectivity index (χ2n) is 7.54. The van der Waals surface area contributed by atoms with Crippen LogP contribution in [-0.2, 0) is 0 Å². The van der Waals surface area contributed by atoms with Crippen molar-refractivity contribution in [1.82, 2.24) is 14.9 Å². The number of rotatable bonds is 6. The summed E-state index contributed by atoms with van der Waals surface area (Å²) in [5.74, 6) is -0.0255. The van der Waals surface area contributed by atoms with Gasteiger partial charge in [-0.2, -0.15) is 0 Å². The van der Waals surface area contributed by atoms with Gasteiger partial charge in [-0.05, 0) is 49.2 Å². The Kier molecular flexibility index (Phi) is 6.45. The van der Waals surface area contributed by atoms with Gasteiger partial charge in [-0.15, -0.1) is 13.2 Å². The molecule has 4 rings (SSSR count). The van der Waals surface area contributed by atoms with E-state index in [0.717, 1.165) is 12.8 Å². The molecule has 1 fully saturated rings. The topological polar surface area (TPSA) is 87.6 Å². The minimum atomic E-state index is -4.75. The van der Waals surface area contributed by atoms with Crippen LogP contribution in [-0.4, -0.2) is 51.4 Å². The van der Waals surface area contributed by atoms with Crippen LogP contribution in [0.3, 0.4) is 0 Å². The van der Waals surface area contributed by atoms with Gasteiger partial charge in [-0.1, -0.05) is 12.1 Å². The molecule has 1 atom stereocenters. The fourth-order valence-electron chi connectivity index (χ4n) is 3.74. The van der Waals surface area contributed by atoms with Crippen molar-refractivity contribution in [3.8, 4) is 17.0 Å². The maximum absolute atomic E-state index is 12.9. The number of hydrogen-bond acceptors (Lipinski definition) is 6. The highest BCUT2D eigenvalue weighted by atomic mass is 19.4. The Bertz CT molecular complexity index is 1120. The lowest BCUT2D eigenvalue weighted by Crippen LogP contribution is -2.37. The number of hydrogen-bond donors (Lipinski definition) is 2. The molecule has 3 aromatic rings. The first-order valence-electron chi connectivity index (χ1n) is 10.3. The van der Waals surface area contributed by atoms with Crippen molar-refractivity contribution in [2.75, 3.05) is 18.5 Å². The van der Waals surface area contributed by atoms with Gasteiger partial charge in [0.2, 0.25) is 0 Å². The van der Waals surface area contributed by atoms with Crippen LogP contribution >= 0.6 is 0 Å². The lowest BCUT2D eigenvalue weighted by Gasteiger charge is -2.23. The van der Waals surface area contributed by atoms with Gasteiger partial charge < -0.3 is 20.1 Å². The summed E-state index contributed by atoms with van der Waals surface area (Å²) in [6.45, 7) is 0.554. The number of aliphatic hydroxyl groups is 1. The van der Waals surface area contributed by atoms with Crippen molar-refractivity contribution < 1.29 is 27.8 Å². The first-order valence-corrected chi connectivity index (χ1v) is 10.3. The zero-order valence-corrected chi connectivity index (χ0v) is 17.4. The molecule has 1 aliphatic rings. The highest BCUT2D eigenvalue weighted by molar-refractivity contribution is 5.95. The molecule has 1 amide bonds. The van der Waals surface area contributed by atoms with E-state index in [1.807, 2.05) is 6.07 Å². The maximum atomic E-state index is 12.9. The molecule has 7 nitrogen and oxygen atoms in total. The minimum absolute atomic E-state index is 0.0598. The highest BCUT2D eigenvalue weighted by Gasteiger charge is 2.31. The lowest BCUT2D eigenvalue weighted by molar-refractivity contribution is -0.274. The van der Waals surface area contributed by atoms with E-state index in [1.54, 1.807) is 29.2 Å². The smallest absolute Gasteiger partial charge is 0.406 e. The zero-order chi connectivity index (χ0) is 23.4. The highest BCUT2D eigenvalue weighted by Crippen LogP contribution is 2.27. The van der Waals surface area contributed by atoms with Gasteiger partial charge in [0.1, 0.15) is 17.9 Å². The molecule has 0 radical (unpaired) electrons. The first-order chi connectivity index (χ1) is 15.8. The van der Waals surface area contributed by atoms with Crippen molar-refractivity contribution in [2.24, 2.45) is 0 Å². The Morgan fingerprint density at radius 2 is 1.94 bits per heavy atom. The number of halogens is 3. The predicted molar refractivity (Wildman–Crippen MR) is 115 cm³/mol. The Morgan fingerprint density at radius 3 is 2.67 bits per heavy atom. The molecule has 0 bridgehead atoms. The van der Waals surface area contributed by atoms with Gasteiger partial charge in [0.25, 0.3) is 5.91 Å². The summed E-state index contributed by atoms with van der Waals surface area (Å²) in [4.78, 5) is 23.0. The van der Waals surface area contributed by atoms with Gasteiger partial charge in [0, 0.05) is 29.4 Å². The summed E-state index contributed by atoms with van der Waals surface area (Å²) >= 11 is 0. The number of nitrogens with zero attached hydrogens (tertiary/aromatic N) is 3. The van der Waals surface area contributed by atoms with E-state index in [-0.39, 0.29) is 24.3 Å². The Hall–Kier alpha value is -3.66. The standard InChI is InChI=1S/C23H21F3N4O3/c24-23(25,26)33-19-8-6-17(7-9-19)29-21-12-20(27-14-28-21)15-3-1-4-16(11-15)22(32)30-10-2-5-18(30)13-31/h1,3-4,6-9,11-12,14,18,31H,2,5,10,13H2,(H,27,28,29). The number of likely N-dealkylation sites (tertiary alicyclic amines) is 1. The summed E-state index contributed by atoms with van der Waals surface area (Å²) in [6.07, 6.45) is -1.75. The van der Waals surface area contributed by atoms with Crippen LogP contribution < -0.4 is 10.1 Å². The van der Waals surface area contributed by atoms with E-state index in [9.17, 15) is 23.1 Å². The zero-order valence-electron chi connectivity index (χ0n) is 17.4. The second-order valence-corrected chi connectivity index (χ2v) is 7.54. The van der Waals surface area contributed by atoms with E-state index in [0.29, 0.717) is 34.9 Å². The quantitative estimate of drug-likeness (QED) is 0.570. The molecule has 10 heteroatoms. The predicted octanol–water partition coefficient (Wildman–Crippen LogP) is 4.38. The number of alkyl halides is 3. The van der Waals surface area contributed by atoms with E-state index < -0.39 is 6.36 Å². The summed E-state index contributed by atoms with van der Waals surface area (Å²) in [6, 6.07) is 13.8. The van der Waals surface area contributed by atoms with Gasteiger partial charge >= 0.3 is 6.36 Å². The largest absolute Gasteiger partial charge is 0.573 e. The molecule has 2 heterocycles. The monoisotopic (exact) mass is 458 g/mol. The van der Waals surface area contributed by atoms with Crippen LogP contribution in [0.15, 0.2) is 60.9 Å². The number of aliphatic hydroxyl groups excluding tert-OH is 1. The van der Waals surface area contributed by atoms with Crippen molar-refractivity contribution in [3.63, 3.8) is 0 Å². The number of aromatic nitrogens is 2. The summed E-state index contributed by atoms with van der Waals surface area (Å²) in [7, 11) is 0. The fourth-order valence-corrected chi connectivity index (χ4v) is 3.74. The van der Waals surface area contributed by atoms with Crippen molar-refractivity contribution in [2.45, 2.75) is 25.2 Å². The van der Waals surface area contributed by atoms with Crippen molar-refractivity contribution in [1.29, 1.82) is 0 Å². The fraction of sp³-hybridized carbons (Fsp3) is 0.261. The lowest BCUT2D eigenvalue weighted by atomic mass is 10.1. The number of carbonyl (C=O) groups excluding carboxylic acids is 1. The third kappa shape index (κ3) is 5.58. The van der Waals surface area contributed by atoms with Crippen molar-refractivity contribution >= 4 is 17.4 Å². The van der Waals surface area contributed by atoms with Gasteiger partial charge in [0.05, 0.1) is 18.3 Å². The molecule has 0 aliphatic carbocycles. The van der Waals surface area contributed by atoms with Crippen LogP contribution in [0.1, 0.15) is 23.2 Å². The van der Waals surface area contributed by atoms with Crippen LogP contribution in [0, 0.1) is 0 Å². The van der Waals surface area contributed by atoms with Crippen LogP contribution in [0.25, 0.3) is 11.3 Å². The van der Waals surface area contributed by atoms with Gasteiger partial charge in [0.15, 0.2) is 0 Å². The number of nitrogens with one attached hydrogen (secondary N) is 1. The molecule has 2 N–H and O–H groups in total. The van der Waals surface area contributed by atoms with Gasteiger partial charge in [-0.25, -0.2) is 9.97 Å². The molecule has 1 aromatic heterocycles. The average molecular weight is 458 g/mol. The molecule has 2 aromatic carbocycles. The molecule has 33 heavy (non-hydrogen) atoms. The molecule has 172 valence electrons. The molecule has 0 spiro atoms. The normalized spacial score (nSPS) is 16.0. The van der Waals surface area contributed by atoms with Gasteiger partial charge in [-0.3, -0.25) is 4.79 Å². The third-order valence-electron chi connectivity index (χ3n) is 5.28. The molecular formula is C23H21F3N4O3. The molecule has 1 aliphatic heterocycles. The number of ether oxygens (including phenoxy) is 1. The number of carbonyl (C=O) groups is 1. The first kappa shape index (κ1) is 22.5. The van der Waals surface area contributed by atoms with E-state index in [2.05, 4.69) is 20.0 Å².